The van der Waals surface area contributed by atoms with Gasteiger partial charge in [0, 0.05) is 6.20 Å². The average Bonchev–Trinajstić information content (AvgIpc) is 3.38. The number of hydrogen-bond acceptors (Lipinski definition) is 3. The number of benzene rings is 1. The van der Waals surface area contributed by atoms with E-state index in [1.165, 1.54) is 16.5 Å². The van der Waals surface area contributed by atoms with E-state index in [1.54, 1.807) is 24.4 Å². The molecule has 4 rings (SSSR count). The minimum absolute atomic E-state index is 0.0350. The van der Waals surface area contributed by atoms with E-state index in [0.717, 1.165) is 28.6 Å². The van der Waals surface area contributed by atoms with Crippen LogP contribution >= 0.6 is 0 Å². The maximum Gasteiger partial charge on any atom is 0.341 e. The van der Waals surface area contributed by atoms with Crippen LogP contribution in [-0.4, -0.2) is 15.5 Å². The maximum absolute atomic E-state index is 13.8. The summed E-state index contributed by atoms with van der Waals surface area (Å²) in [6, 6.07) is 9.86. The van der Waals surface area contributed by atoms with E-state index in [9.17, 15) is 19.1 Å². The van der Waals surface area contributed by atoms with E-state index in [2.05, 4.69) is 0 Å². The Morgan fingerprint density at radius 3 is 2.73 bits per heavy atom. The summed E-state index contributed by atoms with van der Waals surface area (Å²) in [7, 11) is 0. The van der Waals surface area contributed by atoms with Gasteiger partial charge in [0.2, 0.25) is 0 Å². The molecule has 132 valence electrons. The fraction of sp³-hybridized carbons (Fsp3) is 0.200. The predicted molar refractivity (Wildman–Crippen MR) is 96.3 cm³/mol. The third-order valence-corrected chi connectivity index (χ3v) is 5.09. The molecule has 0 radical (unpaired) electrons. The Morgan fingerprint density at radius 2 is 2.04 bits per heavy atom. The van der Waals surface area contributed by atoms with Gasteiger partial charge in [0.25, 0.3) is 5.56 Å². The maximum atomic E-state index is 13.8. The van der Waals surface area contributed by atoms with Gasteiger partial charge < -0.3 is 10.8 Å². The molecule has 3 aromatic rings. The van der Waals surface area contributed by atoms with Crippen LogP contribution in [0.5, 0.6) is 0 Å². The Hall–Kier alpha value is -3.15. The summed E-state index contributed by atoms with van der Waals surface area (Å²) in [6.45, 7) is 1.89. The quantitative estimate of drug-likeness (QED) is 0.708. The monoisotopic (exact) mass is 352 g/mol. The lowest BCUT2D eigenvalue weighted by Gasteiger charge is -2.12. The van der Waals surface area contributed by atoms with Crippen molar-refractivity contribution in [3.05, 3.63) is 81.0 Å². The number of carboxylic acids is 1. The van der Waals surface area contributed by atoms with Gasteiger partial charge in [-0.25, -0.2) is 9.18 Å². The molecule has 2 unspecified atom stereocenters. The Kier molecular flexibility index (Phi) is 3.57. The highest BCUT2D eigenvalue weighted by atomic mass is 19.1. The van der Waals surface area contributed by atoms with Gasteiger partial charge in [-0.15, -0.1) is 0 Å². The fourth-order valence-corrected chi connectivity index (χ4v) is 3.69. The zero-order chi connectivity index (χ0) is 18.6. The Labute approximate surface area is 148 Å². The van der Waals surface area contributed by atoms with Crippen LogP contribution in [0, 0.1) is 12.7 Å². The second-order valence-corrected chi connectivity index (χ2v) is 6.76. The SMILES string of the molecule is Cc1cccn2c(=O)c(C(=O)O)cc(C3CC3c3ccc(N)c(F)c3)c12. The van der Waals surface area contributed by atoms with E-state index in [1.807, 2.05) is 13.0 Å². The van der Waals surface area contributed by atoms with E-state index in [4.69, 9.17) is 5.73 Å². The van der Waals surface area contributed by atoms with Gasteiger partial charge in [0.05, 0.1) is 11.2 Å². The number of halogens is 1. The first-order valence-corrected chi connectivity index (χ1v) is 8.31. The minimum Gasteiger partial charge on any atom is -0.477 e. The molecule has 3 N–H and O–H groups in total. The summed E-state index contributed by atoms with van der Waals surface area (Å²) in [5, 5.41) is 9.39. The number of aromatic nitrogens is 1. The van der Waals surface area contributed by atoms with Crippen molar-refractivity contribution < 1.29 is 14.3 Å². The number of anilines is 1. The first kappa shape index (κ1) is 16.3. The van der Waals surface area contributed by atoms with Gasteiger partial charge in [-0.1, -0.05) is 12.1 Å². The topological polar surface area (TPSA) is 84.8 Å². The number of nitrogens with two attached hydrogens (primary N) is 1. The molecule has 26 heavy (non-hydrogen) atoms. The van der Waals surface area contributed by atoms with Gasteiger partial charge in [-0.3, -0.25) is 9.20 Å². The summed E-state index contributed by atoms with van der Waals surface area (Å²) in [6.07, 6.45) is 2.35. The normalized spacial score (nSPS) is 18.8. The van der Waals surface area contributed by atoms with Crippen molar-refractivity contribution in [2.24, 2.45) is 0 Å². The number of hydrogen-bond donors (Lipinski definition) is 2. The standard InChI is InChI=1S/C20H17FN2O3/c1-10-3-2-6-23-18(10)14(9-15(19(23)24)20(25)26)13-8-12(13)11-4-5-17(22)16(21)7-11/h2-7,9,12-13H,8,22H2,1H3,(H,25,26). The molecule has 0 spiro atoms. The molecule has 2 atom stereocenters. The number of aryl methyl sites for hydroxylation is 1. The van der Waals surface area contributed by atoms with Gasteiger partial charge in [0.1, 0.15) is 11.4 Å². The Bertz CT molecular complexity index is 1120. The molecule has 0 saturated heterocycles. The van der Waals surface area contributed by atoms with Crippen LogP contribution in [0.15, 0.2) is 47.4 Å². The highest BCUT2D eigenvalue weighted by molar-refractivity contribution is 5.88. The molecule has 1 aliphatic carbocycles. The number of nitrogen functional groups attached to an aromatic ring is 1. The Balaban J connectivity index is 1.87. The van der Waals surface area contributed by atoms with Crippen molar-refractivity contribution in [1.82, 2.24) is 4.40 Å². The van der Waals surface area contributed by atoms with Gasteiger partial charge in [-0.2, -0.15) is 0 Å². The van der Waals surface area contributed by atoms with Crippen LogP contribution in [-0.2, 0) is 0 Å². The van der Waals surface area contributed by atoms with E-state index in [0.29, 0.717) is 0 Å². The summed E-state index contributed by atoms with van der Waals surface area (Å²) in [5.74, 6) is -1.59. The third kappa shape index (κ3) is 2.45. The first-order valence-electron chi connectivity index (χ1n) is 8.31. The number of aromatic carboxylic acids is 1. The number of carbonyl (C=O) groups is 1. The molecular weight excluding hydrogens is 335 g/mol. The zero-order valence-electron chi connectivity index (χ0n) is 14.1. The number of carboxylic acid groups (broad SMARTS) is 1. The second-order valence-electron chi connectivity index (χ2n) is 6.76. The summed E-state index contributed by atoms with van der Waals surface area (Å²) in [5.41, 5.74) is 8.11. The highest BCUT2D eigenvalue weighted by Gasteiger charge is 2.41. The lowest BCUT2D eigenvalue weighted by atomic mass is 10.00. The molecule has 5 nitrogen and oxygen atoms in total. The molecule has 1 fully saturated rings. The largest absolute Gasteiger partial charge is 0.477 e. The summed E-state index contributed by atoms with van der Waals surface area (Å²) >= 11 is 0. The highest BCUT2D eigenvalue weighted by Crippen LogP contribution is 2.56. The van der Waals surface area contributed by atoms with Crippen LogP contribution in [0.3, 0.4) is 0 Å². The van der Waals surface area contributed by atoms with Gasteiger partial charge in [0.15, 0.2) is 0 Å². The fourth-order valence-electron chi connectivity index (χ4n) is 3.69. The van der Waals surface area contributed by atoms with Gasteiger partial charge in [-0.05, 0) is 66.1 Å². The zero-order valence-corrected chi connectivity index (χ0v) is 14.1. The van der Waals surface area contributed by atoms with Crippen LogP contribution in [0.1, 0.15) is 45.3 Å². The van der Waals surface area contributed by atoms with Crippen LogP contribution in [0.25, 0.3) is 5.52 Å². The summed E-state index contributed by atoms with van der Waals surface area (Å²) < 4.78 is 15.2. The molecule has 6 heteroatoms. The van der Waals surface area contributed by atoms with Crippen LogP contribution < -0.4 is 11.3 Å². The number of pyridine rings is 2. The first-order chi connectivity index (χ1) is 12.4. The van der Waals surface area contributed by atoms with Crippen molar-refractivity contribution in [3.8, 4) is 0 Å². The van der Waals surface area contributed by atoms with Crippen molar-refractivity contribution in [2.45, 2.75) is 25.2 Å². The molecule has 0 amide bonds. The predicted octanol–water partition coefficient (Wildman–Crippen LogP) is 3.30. The molecule has 1 aromatic carbocycles. The molecule has 2 heterocycles. The smallest absolute Gasteiger partial charge is 0.341 e. The summed E-state index contributed by atoms with van der Waals surface area (Å²) in [4.78, 5) is 24.0. The van der Waals surface area contributed by atoms with Crippen LogP contribution in [0.2, 0.25) is 0 Å². The molecule has 2 aromatic heterocycles. The van der Waals surface area contributed by atoms with E-state index in [-0.39, 0.29) is 23.1 Å². The molecule has 1 saturated carbocycles. The van der Waals surface area contributed by atoms with Crippen LogP contribution in [0.4, 0.5) is 10.1 Å². The average molecular weight is 352 g/mol. The number of fused-ring (bicyclic) bond motifs is 1. The van der Waals surface area contributed by atoms with Gasteiger partial charge >= 0.3 is 5.97 Å². The van der Waals surface area contributed by atoms with Crippen molar-refractivity contribution >= 4 is 17.2 Å². The van der Waals surface area contributed by atoms with Crippen molar-refractivity contribution in [1.29, 1.82) is 0 Å². The lowest BCUT2D eigenvalue weighted by molar-refractivity contribution is 0.0694. The molecule has 0 bridgehead atoms. The third-order valence-electron chi connectivity index (χ3n) is 5.09. The minimum atomic E-state index is -1.25. The van der Waals surface area contributed by atoms with Crippen molar-refractivity contribution in [2.75, 3.05) is 5.73 Å². The van der Waals surface area contributed by atoms with E-state index >= 15 is 0 Å². The van der Waals surface area contributed by atoms with E-state index < -0.39 is 17.3 Å². The van der Waals surface area contributed by atoms with Crippen molar-refractivity contribution in [3.63, 3.8) is 0 Å². The molecular formula is C20H17FN2O3. The Morgan fingerprint density at radius 1 is 1.27 bits per heavy atom. The molecule has 0 aliphatic heterocycles. The number of rotatable bonds is 3. The number of nitrogens with zero attached hydrogens (tertiary/aromatic N) is 1. The second kappa shape index (κ2) is 5.69. The molecule has 1 aliphatic rings. The lowest BCUT2D eigenvalue weighted by Crippen LogP contribution is -2.23.